The Labute approximate surface area is 137 Å². The molecule has 0 saturated carbocycles. The summed E-state index contributed by atoms with van der Waals surface area (Å²) in [6, 6.07) is 2.01. The second kappa shape index (κ2) is 7.98. The zero-order chi connectivity index (χ0) is 17.7. The van der Waals surface area contributed by atoms with E-state index < -0.39 is 17.3 Å². The van der Waals surface area contributed by atoms with Crippen LogP contribution in [0.25, 0.3) is 0 Å². The standard InChI is InChI=1S/C14H20F3N3O2S/c1-4-5-8-18-12(21)13(2,3)20(22)23-11-7-6-10(9-19-11)14(15,16)17/h6-7,9,22H,4-5,8H2,1-3H3,(H,18,21). The molecule has 0 aliphatic heterocycles. The third-order valence-corrected chi connectivity index (χ3v) is 4.15. The summed E-state index contributed by atoms with van der Waals surface area (Å²) in [4.78, 5) is 15.7. The van der Waals surface area contributed by atoms with E-state index in [1.54, 1.807) is 0 Å². The molecular weight excluding hydrogens is 331 g/mol. The number of alkyl halides is 3. The number of nitrogens with one attached hydrogen (secondary N) is 1. The maximum Gasteiger partial charge on any atom is 0.417 e. The summed E-state index contributed by atoms with van der Waals surface area (Å²) >= 11 is 0.687. The molecule has 0 radical (unpaired) electrons. The Kier molecular flexibility index (Phi) is 6.84. The number of unbranched alkanes of at least 4 members (excludes halogenated alkanes) is 1. The van der Waals surface area contributed by atoms with Gasteiger partial charge in [0.2, 0.25) is 5.91 Å². The highest BCUT2D eigenvalue weighted by Gasteiger charge is 2.35. The van der Waals surface area contributed by atoms with Gasteiger partial charge in [-0.1, -0.05) is 13.3 Å². The van der Waals surface area contributed by atoms with Crippen LogP contribution in [0, 0.1) is 0 Å². The SMILES string of the molecule is CCCCNC(=O)C(C)(C)N(O)Sc1ccc(C(F)(F)F)cn1. The van der Waals surface area contributed by atoms with Crippen LogP contribution in [-0.4, -0.2) is 32.7 Å². The molecule has 0 spiro atoms. The third kappa shape index (κ3) is 5.67. The van der Waals surface area contributed by atoms with E-state index in [0.717, 1.165) is 25.0 Å². The quantitative estimate of drug-likeness (QED) is 0.447. The molecule has 2 N–H and O–H groups in total. The van der Waals surface area contributed by atoms with Gasteiger partial charge in [0.25, 0.3) is 0 Å². The van der Waals surface area contributed by atoms with Crippen LogP contribution in [-0.2, 0) is 11.0 Å². The molecule has 1 rings (SSSR count). The molecule has 0 fully saturated rings. The van der Waals surface area contributed by atoms with E-state index in [2.05, 4.69) is 10.3 Å². The monoisotopic (exact) mass is 351 g/mol. The topological polar surface area (TPSA) is 65.5 Å². The van der Waals surface area contributed by atoms with Crippen molar-refractivity contribution in [3.8, 4) is 0 Å². The second-order valence-corrected chi connectivity index (χ2v) is 6.36. The van der Waals surface area contributed by atoms with Gasteiger partial charge in [-0.15, -0.1) is 4.47 Å². The zero-order valence-corrected chi connectivity index (χ0v) is 14.0. The van der Waals surface area contributed by atoms with Crippen LogP contribution in [0.15, 0.2) is 23.4 Å². The molecule has 9 heteroatoms. The van der Waals surface area contributed by atoms with Crippen molar-refractivity contribution in [3.63, 3.8) is 0 Å². The number of amides is 1. The van der Waals surface area contributed by atoms with Crippen molar-refractivity contribution in [2.75, 3.05) is 6.54 Å². The first-order valence-corrected chi connectivity index (χ1v) is 7.85. The minimum absolute atomic E-state index is 0.148. The first kappa shape index (κ1) is 19.7. The number of rotatable bonds is 7. The van der Waals surface area contributed by atoms with Gasteiger partial charge in [-0.3, -0.25) is 4.79 Å². The van der Waals surface area contributed by atoms with E-state index in [1.807, 2.05) is 6.92 Å². The summed E-state index contributed by atoms with van der Waals surface area (Å²) in [5, 5.41) is 12.9. The third-order valence-electron chi connectivity index (χ3n) is 3.09. The fraction of sp³-hybridized carbons (Fsp3) is 0.571. The molecule has 1 aromatic rings. The minimum atomic E-state index is -4.46. The lowest BCUT2D eigenvalue weighted by atomic mass is 10.1. The number of carbonyl (C=O) groups is 1. The van der Waals surface area contributed by atoms with Crippen molar-refractivity contribution in [3.05, 3.63) is 23.9 Å². The molecule has 0 aliphatic rings. The van der Waals surface area contributed by atoms with E-state index in [-0.39, 0.29) is 10.9 Å². The van der Waals surface area contributed by atoms with Gasteiger partial charge in [0.05, 0.1) is 5.56 Å². The van der Waals surface area contributed by atoms with E-state index in [1.165, 1.54) is 13.8 Å². The molecule has 0 aromatic carbocycles. The number of halogens is 3. The molecule has 0 aliphatic carbocycles. The lowest BCUT2D eigenvalue weighted by Gasteiger charge is -2.30. The van der Waals surface area contributed by atoms with Gasteiger partial charge < -0.3 is 10.5 Å². The summed E-state index contributed by atoms with van der Waals surface area (Å²) in [5.74, 6) is -0.382. The number of hydrogen-bond donors (Lipinski definition) is 2. The Bertz CT molecular complexity index is 521. The normalized spacial score (nSPS) is 12.5. The predicted octanol–water partition coefficient (Wildman–Crippen LogP) is 3.49. The molecular formula is C14H20F3N3O2S. The van der Waals surface area contributed by atoms with Crippen molar-refractivity contribution in [2.24, 2.45) is 0 Å². The molecule has 0 bridgehead atoms. The number of hydrogen-bond acceptors (Lipinski definition) is 5. The Morgan fingerprint density at radius 1 is 1.39 bits per heavy atom. The first-order valence-electron chi connectivity index (χ1n) is 7.07. The number of nitrogens with zero attached hydrogens (tertiary/aromatic N) is 2. The molecule has 5 nitrogen and oxygen atoms in total. The molecule has 23 heavy (non-hydrogen) atoms. The lowest BCUT2D eigenvalue weighted by molar-refractivity contribution is -0.143. The summed E-state index contributed by atoms with van der Waals surface area (Å²) in [7, 11) is 0. The Morgan fingerprint density at radius 3 is 2.52 bits per heavy atom. The van der Waals surface area contributed by atoms with Crippen LogP contribution in [0.1, 0.15) is 39.2 Å². The van der Waals surface area contributed by atoms with Gasteiger partial charge in [0.1, 0.15) is 10.6 Å². The fourth-order valence-corrected chi connectivity index (χ4v) is 2.20. The largest absolute Gasteiger partial charge is 0.417 e. The van der Waals surface area contributed by atoms with Crippen molar-refractivity contribution in [1.29, 1.82) is 0 Å². The van der Waals surface area contributed by atoms with E-state index in [0.29, 0.717) is 29.2 Å². The number of hydroxylamine groups is 1. The maximum absolute atomic E-state index is 12.5. The molecule has 1 amide bonds. The molecule has 1 aromatic heterocycles. The highest BCUT2D eigenvalue weighted by atomic mass is 32.2. The number of carbonyl (C=O) groups excluding carboxylic acids is 1. The van der Waals surface area contributed by atoms with Crippen molar-refractivity contribution < 1.29 is 23.2 Å². The van der Waals surface area contributed by atoms with Gasteiger partial charge in [-0.05, 0) is 32.4 Å². The molecule has 1 heterocycles. The first-order chi connectivity index (χ1) is 10.6. The van der Waals surface area contributed by atoms with E-state index in [9.17, 15) is 23.2 Å². The number of aromatic nitrogens is 1. The van der Waals surface area contributed by atoms with E-state index in [4.69, 9.17) is 0 Å². The predicted molar refractivity (Wildman–Crippen MR) is 80.7 cm³/mol. The smallest absolute Gasteiger partial charge is 0.354 e. The zero-order valence-electron chi connectivity index (χ0n) is 13.1. The summed E-state index contributed by atoms with van der Waals surface area (Å²) in [5.41, 5.74) is -2.13. The van der Waals surface area contributed by atoms with Crippen LogP contribution in [0.5, 0.6) is 0 Å². The molecule has 130 valence electrons. The molecule has 0 saturated heterocycles. The van der Waals surface area contributed by atoms with Crippen LogP contribution < -0.4 is 5.32 Å². The summed E-state index contributed by atoms with van der Waals surface area (Å²) in [6.07, 6.45) is -2.04. The average Bonchev–Trinajstić information content (AvgIpc) is 2.46. The lowest BCUT2D eigenvalue weighted by Crippen LogP contribution is -2.51. The highest BCUT2D eigenvalue weighted by Crippen LogP contribution is 2.31. The molecule has 0 atom stereocenters. The average molecular weight is 351 g/mol. The highest BCUT2D eigenvalue weighted by molar-refractivity contribution is 7.96. The number of pyridine rings is 1. The second-order valence-electron chi connectivity index (χ2n) is 5.42. The summed E-state index contributed by atoms with van der Waals surface area (Å²) < 4.78 is 38.1. The van der Waals surface area contributed by atoms with Crippen LogP contribution in [0.2, 0.25) is 0 Å². The Hall–Kier alpha value is -1.32. The summed E-state index contributed by atoms with van der Waals surface area (Å²) in [6.45, 7) is 5.49. The molecule has 0 unspecified atom stereocenters. The van der Waals surface area contributed by atoms with Crippen LogP contribution in [0.3, 0.4) is 0 Å². The van der Waals surface area contributed by atoms with E-state index >= 15 is 0 Å². The van der Waals surface area contributed by atoms with Crippen LogP contribution >= 0.6 is 11.9 Å². The van der Waals surface area contributed by atoms with Gasteiger partial charge in [-0.25, -0.2) is 4.98 Å². The Morgan fingerprint density at radius 2 is 2.04 bits per heavy atom. The van der Waals surface area contributed by atoms with Crippen molar-refractivity contribution >= 4 is 17.9 Å². The van der Waals surface area contributed by atoms with Crippen LogP contribution in [0.4, 0.5) is 13.2 Å². The fourth-order valence-electron chi connectivity index (χ4n) is 1.49. The van der Waals surface area contributed by atoms with Gasteiger partial charge >= 0.3 is 6.18 Å². The Balaban J connectivity index is 2.70. The van der Waals surface area contributed by atoms with Gasteiger partial charge in [0, 0.05) is 24.7 Å². The minimum Gasteiger partial charge on any atom is -0.354 e. The van der Waals surface area contributed by atoms with Crippen molar-refractivity contribution in [2.45, 2.75) is 50.4 Å². The van der Waals surface area contributed by atoms with Gasteiger partial charge in [0.15, 0.2) is 0 Å². The maximum atomic E-state index is 12.5. The van der Waals surface area contributed by atoms with Crippen molar-refractivity contribution in [1.82, 2.24) is 14.8 Å². The van der Waals surface area contributed by atoms with Gasteiger partial charge in [-0.2, -0.15) is 13.2 Å².